The van der Waals surface area contributed by atoms with E-state index in [1.165, 1.54) is 38.5 Å². The number of aliphatic hydroxyl groups excluding tert-OH is 1. The minimum atomic E-state index is -0.507. The molecule has 31 heavy (non-hydrogen) atoms. The molecule has 0 spiro atoms. The second-order valence-electron chi connectivity index (χ2n) is 8.52. The first-order chi connectivity index (χ1) is 14.6. The molecule has 4 heteroatoms. The molecule has 0 saturated carbocycles. The Morgan fingerprint density at radius 3 is 2.06 bits per heavy atom. The molecule has 0 aliphatic heterocycles. The second-order valence-corrected chi connectivity index (χ2v) is 8.93. The first kappa shape index (κ1) is 25.9. The summed E-state index contributed by atoms with van der Waals surface area (Å²) in [5.41, 5.74) is 0.985. The molecule has 0 aromatic heterocycles. The van der Waals surface area contributed by atoms with Crippen molar-refractivity contribution in [3.63, 3.8) is 0 Å². The molecule has 0 radical (unpaired) electrons. The van der Waals surface area contributed by atoms with Crippen LogP contribution in [0.2, 0.25) is 5.02 Å². The van der Waals surface area contributed by atoms with Gasteiger partial charge in [-0.05, 0) is 66.7 Å². The summed E-state index contributed by atoms with van der Waals surface area (Å²) in [5.74, 6) is 0. The third-order valence-corrected chi connectivity index (χ3v) is 6.62. The second kappa shape index (κ2) is 12.6. The van der Waals surface area contributed by atoms with Crippen molar-refractivity contribution in [1.82, 2.24) is 4.90 Å². The average molecular weight is 463 g/mol. The Balaban J connectivity index is 0.00000341. The molecular weight excluding hydrogens is 425 g/mol. The van der Waals surface area contributed by atoms with Crippen LogP contribution < -0.4 is 0 Å². The maximum atomic E-state index is 11.3. The number of aliphatic hydroxyl groups is 1. The first-order valence-corrected chi connectivity index (χ1v) is 12.0. The fourth-order valence-corrected chi connectivity index (χ4v) is 4.67. The fraction of sp³-hybridized carbons (Fsp3) is 0.481. The van der Waals surface area contributed by atoms with Crippen LogP contribution in [0.15, 0.2) is 48.5 Å². The minimum absolute atomic E-state index is 0. The zero-order chi connectivity index (χ0) is 21.5. The fourth-order valence-electron chi connectivity index (χ4n) is 4.38. The van der Waals surface area contributed by atoms with Gasteiger partial charge in [0, 0.05) is 16.5 Å². The summed E-state index contributed by atoms with van der Waals surface area (Å²) in [6.45, 7) is 8.77. The molecule has 0 amide bonds. The number of unbranched alkanes of at least 4 members (excludes halogenated alkanes) is 4. The Morgan fingerprint density at radius 1 is 0.839 bits per heavy atom. The van der Waals surface area contributed by atoms with Crippen LogP contribution in [0.1, 0.15) is 71.0 Å². The molecule has 2 nitrogen and oxygen atoms in total. The minimum Gasteiger partial charge on any atom is -0.387 e. The molecule has 0 heterocycles. The van der Waals surface area contributed by atoms with E-state index < -0.39 is 6.10 Å². The molecule has 2 unspecified atom stereocenters. The van der Waals surface area contributed by atoms with Crippen molar-refractivity contribution in [3.8, 4) is 0 Å². The summed E-state index contributed by atoms with van der Waals surface area (Å²) < 4.78 is 0. The first-order valence-electron chi connectivity index (χ1n) is 11.6. The molecule has 3 aromatic carbocycles. The Kier molecular flexibility index (Phi) is 10.6. The molecule has 0 fully saturated rings. The van der Waals surface area contributed by atoms with Gasteiger partial charge in [0.15, 0.2) is 0 Å². The summed E-state index contributed by atoms with van der Waals surface area (Å²) in [6, 6.07) is 16.7. The number of hydrogen-bond donors (Lipinski definition) is 1. The van der Waals surface area contributed by atoms with Crippen LogP contribution in [0.25, 0.3) is 21.5 Å². The number of rotatable bonds is 11. The predicted octanol–water partition coefficient (Wildman–Crippen LogP) is 8.17. The average Bonchev–Trinajstić information content (AvgIpc) is 2.77. The zero-order valence-corrected chi connectivity index (χ0v) is 20.7. The number of hydrogen-bond acceptors (Lipinski definition) is 2. The van der Waals surface area contributed by atoms with Gasteiger partial charge in [0.05, 0.1) is 6.10 Å². The lowest BCUT2D eigenvalue weighted by Crippen LogP contribution is -2.39. The van der Waals surface area contributed by atoms with Gasteiger partial charge in [0.25, 0.3) is 0 Å². The number of fused-ring (bicyclic) bond motifs is 3. The van der Waals surface area contributed by atoms with Gasteiger partial charge in [0.1, 0.15) is 0 Å². The van der Waals surface area contributed by atoms with Crippen LogP contribution in [0.3, 0.4) is 0 Å². The normalized spacial score (nSPS) is 13.5. The van der Waals surface area contributed by atoms with Crippen LogP contribution in [-0.4, -0.2) is 29.1 Å². The third kappa shape index (κ3) is 6.35. The summed E-state index contributed by atoms with van der Waals surface area (Å²) in [4.78, 5) is 2.49. The largest absolute Gasteiger partial charge is 0.387 e. The summed E-state index contributed by atoms with van der Waals surface area (Å²) in [6.07, 6.45) is 6.82. The van der Waals surface area contributed by atoms with Crippen LogP contribution in [0.4, 0.5) is 0 Å². The smallest absolute Gasteiger partial charge is 0.0942 e. The van der Waals surface area contributed by atoms with Crippen molar-refractivity contribution in [2.45, 2.75) is 71.4 Å². The monoisotopic (exact) mass is 461 g/mol. The van der Waals surface area contributed by atoms with Crippen molar-refractivity contribution >= 4 is 45.6 Å². The highest BCUT2D eigenvalue weighted by molar-refractivity contribution is 6.37. The molecule has 0 bridgehead atoms. The van der Waals surface area contributed by atoms with Crippen molar-refractivity contribution < 1.29 is 5.11 Å². The van der Waals surface area contributed by atoms with Gasteiger partial charge in [-0.3, -0.25) is 4.90 Å². The Bertz CT molecular complexity index is 949. The zero-order valence-electron chi connectivity index (χ0n) is 19.1. The maximum absolute atomic E-state index is 11.3. The van der Waals surface area contributed by atoms with Gasteiger partial charge in [0.2, 0.25) is 0 Å². The molecular formula is C27H37Cl2NO. The molecule has 170 valence electrons. The van der Waals surface area contributed by atoms with E-state index in [2.05, 4.69) is 56.0 Å². The van der Waals surface area contributed by atoms with Gasteiger partial charge in [-0.25, -0.2) is 0 Å². The third-order valence-electron chi connectivity index (χ3n) is 6.31. The Morgan fingerprint density at radius 2 is 1.45 bits per heavy atom. The molecule has 3 aromatic rings. The van der Waals surface area contributed by atoms with Crippen molar-refractivity contribution in [3.05, 3.63) is 59.1 Å². The lowest BCUT2D eigenvalue weighted by molar-refractivity contribution is 0.0556. The van der Waals surface area contributed by atoms with Crippen molar-refractivity contribution in [2.24, 2.45) is 0 Å². The van der Waals surface area contributed by atoms with Gasteiger partial charge >= 0.3 is 0 Å². The van der Waals surface area contributed by atoms with E-state index in [-0.39, 0.29) is 18.4 Å². The van der Waals surface area contributed by atoms with Crippen LogP contribution >= 0.6 is 24.0 Å². The molecule has 2 atom stereocenters. The molecule has 3 rings (SSSR count). The van der Waals surface area contributed by atoms with E-state index in [1.54, 1.807) is 0 Å². The van der Waals surface area contributed by atoms with Crippen LogP contribution in [0.5, 0.6) is 0 Å². The van der Waals surface area contributed by atoms with Crippen LogP contribution in [-0.2, 0) is 0 Å². The van der Waals surface area contributed by atoms with Gasteiger partial charge in [-0.2, -0.15) is 0 Å². The summed E-state index contributed by atoms with van der Waals surface area (Å²) >= 11 is 6.50. The van der Waals surface area contributed by atoms with Crippen LogP contribution in [0, 0.1) is 0 Å². The van der Waals surface area contributed by atoms with Gasteiger partial charge in [-0.15, -0.1) is 12.4 Å². The number of halogens is 2. The lowest BCUT2D eigenvalue weighted by atomic mass is 9.95. The predicted molar refractivity (Wildman–Crippen MR) is 139 cm³/mol. The molecule has 0 aliphatic rings. The van der Waals surface area contributed by atoms with Crippen molar-refractivity contribution in [1.29, 1.82) is 0 Å². The molecule has 0 saturated heterocycles. The van der Waals surface area contributed by atoms with Gasteiger partial charge < -0.3 is 5.11 Å². The van der Waals surface area contributed by atoms with E-state index >= 15 is 0 Å². The highest BCUT2D eigenvalue weighted by Gasteiger charge is 2.23. The summed E-state index contributed by atoms with van der Waals surface area (Å²) in [7, 11) is 0. The highest BCUT2D eigenvalue weighted by Crippen LogP contribution is 2.34. The molecule has 0 aliphatic carbocycles. The van der Waals surface area contributed by atoms with E-state index in [0.29, 0.717) is 0 Å². The lowest BCUT2D eigenvalue weighted by Gasteiger charge is -2.33. The summed E-state index contributed by atoms with van der Waals surface area (Å²) in [5, 5.41) is 16.5. The Labute approximate surface area is 199 Å². The standard InChI is InChI=1S/C27H36ClNO.ClH/c1-4-6-10-16-29(17-11-7-5-2)20(3)27(30)22-15-14-21-19-26(28)24-13-9-8-12-23(24)25(21)18-22;/h8-9,12-15,18-20,27,30H,4-7,10-11,16-17H2,1-3H3;1H. The SMILES string of the molecule is CCCCCN(CCCCC)C(C)C(O)c1ccc2cc(Cl)c3ccccc3c2c1.Cl. The van der Waals surface area contributed by atoms with E-state index in [0.717, 1.165) is 45.2 Å². The Hall–Kier alpha value is -1.32. The van der Waals surface area contributed by atoms with Crippen molar-refractivity contribution in [2.75, 3.05) is 13.1 Å². The van der Waals surface area contributed by atoms with E-state index in [1.807, 2.05) is 18.2 Å². The number of nitrogens with zero attached hydrogens (tertiary/aromatic N) is 1. The maximum Gasteiger partial charge on any atom is 0.0942 e. The highest BCUT2D eigenvalue weighted by atomic mass is 35.5. The van der Waals surface area contributed by atoms with Gasteiger partial charge in [-0.1, -0.05) is 87.5 Å². The topological polar surface area (TPSA) is 23.5 Å². The quantitative estimate of drug-likeness (QED) is 0.229. The number of benzene rings is 3. The van der Waals surface area contributed by atoms with E-state index in [9.17, 15) is 5.11 Å². The molecule has 1 N–H and O–H groups in total. The van der Waals surface area contributed by atoms with E-state index in [4.69, 9.17) is 11.6 Å².